The van der Waals surface area contributed by atoms with E-state index in [2.05, 4.69) is 25.7 Å². The molecule has 4 rings (SSSR count). The summed E-state index contributed by atoms with van der Waals surface area (Å²) in [4.78, 5) is 20.0. The SMILES string of the molecule is O=C1CNc2nc(-c3cnn4ccc(Cl)cc34)ncc2N1. The smallest absolute Gasteiger partial charge is 0.243 e. The van der Waals surface area contributed by atoms with E-state index >= 15 is 0 Å². The molecule has 1 amide bonds. The van der Waals surface area contributed by atoms with Gasteiger partial charge in [-0.25, -0.2) is 14.5 Å². The highest BCUT2D eigenvalue weighted by atomic mass is 35.5. The number of rotatable bonds is 1. The lowest BCUT2D eigenvalue weighted by atomic mass is 10.2. The van der Waals surface area contributed by atoms with Gasteiger partial charge in [0.1, 0.15) is 5.69 Å². The van der Waals surface area contributed by atoms with Gasteiger partial charge in [0.05, 0.1) is 30.0 Å². The van der Waals surface area contributed by atoms with Crippen molar-refractivity contribution in [2.75, 3.05) is 17.2 Å². The predicted octanol–water partition coefficient (Wildman–Crippen LogP) is 1.81. The maximum atomic E-state index is 11.3. The molecule has 104 valence electrons. The normalized spacial score (nSPS) is 13.7. The fraction of sp³-hybridized carbons (Fsp3) is 0.0769. The van der Waals surface area contributed by atoms with Crippen molar-refractivity contribution in [2.24, 2.45) is 0 Å². The first-order valence-electron chi connectivity index (χ1n) is 6.25. The summed E-state index contributed by atoms with van der Waals surface area (Å²) >= 11 is 6.02. The summed E-state index contributed by atoms with van der Waals surface area (Å²) in [5.41, 5.74) is 2.17. The van der Waals surface area contributed by atoms with E-state index in [9.17, 15) is 4.79 Å². The fourth-order valence-electron chi connectivity index (χ4n) is 2.22. The number of carbonyl (C=O) groups is 1. The lowest BCUT2D eigenvalue weighted by Crippen LogP contribution is -2.28. The van der Waals surface area contributed by atoms with Gasteiger partial charge in [-0.1, -0.05) is 11.6 Å². The number of hydrogen-bond donors (Lipinski definition) is 2. The van der Waals surface area contributed by atoms with Gasteiger partial charge in [-0.05, 0) is 12.1 Å². The number of amides is 1. The van der Waals surface area contributed by atoms with E-state index in [1.165, 1.54) is 0 Å². The molecule has 7 nitrogen and oxygen atoms in total. The molecule has 0 atom stereocenters. The minimum absolute atomic E-state index is 0.110. The first-order valence-corrected chi connectivity index (χ1v) is 6.62. The van der Waals surface area contributed by atoms with Crippen molar-refractivity contribution < 1.29 is 4.79 Å². The molecule has 8 heteroatoms. The summed E-state index contributed by atoms with van der Waals surface area (Å²) in [7, 11) is 0. The molecule has 0 aromatic carbocycles. The van der Waals surface area contributed by atoms with Crippen LogP contribution in [-0.4, -0.2) is 32.0 Å². The van der Waals surface area contributed by atoms with Gasteiger partial charge in [-0.3, -0.25) is 4.79 Å². The maximum absolute atomic E-state index is 11.3. The Balaban J connectivity index is 1.85. The van der Waals surface area contributed by atoms with Crippen molar-refractivity contribution in [1.82, 2.24) is 19.6 Å². The number of fused-ring (bicyclic) bond motifs is 2. The molecular formula is C13H9ClN6O. The van der Waals surface area contributed by atoms with Crippen LogP contribution in [0.4, 0.5) is 11.5 Å². The molecule has 3 aromatic rings. The Bertz CT molecular complexity index is 874. The second-order valence-electron chi connectivity index (χ2n) is 4.59. The summed E-state index contributed by atoms with van der Waals surface area (Å²) in [6.07, 6.45) is 5.04. The molecule has 0 saturated carbocycles. The number of carbonyl (C=O) groups excluding carboxylic acids is 1. The molecule has 0 aliphatic carbocycles. The molecule has 0 bridgehead atoms. The van der Waals surface area contributed by atoms with Crippen LogP contribution in [0, 0.1) is 0 Å². The summed E-state index contributed by atoms with van der Waals surface area (Å²) < 4.78 is 1.71. The van der Waals surface area contributed by atoms with Crippen molar-refractivity contribution >= 4 is 34.5 Å². The molecule has 0 radical (unpaired) electrons. The Morgan fingerprint density at radius 2 is 2.24 bits per heavy atom. The number of nitrogens with zero attached hydrogens (tertiary/aromatic N) is 4. The minimum Gasteiger partial charge on any atom is -0.359 e. The first kappa shape index (κ1) is 12.1. The van der Waals surface area contributed by atoms with Crippen molar-refractivity contribution in [2.45, 2.75) is 0 Å². The van der Waals surface area contributed by atoms with Crippen molar-refractivity contribution in [3.8, 4) is 11.4 Å². The third kappa shape index (κ3) is 1.98. The molecule has 0 spiro atoms. The summed E-state index contributed by atoms with van der Waals surface area (Å²) in [5.74, 6) is 1.01. The summed E-state index contributed by atoms with van der Waals surface area (Å²) in [6, 6.07) is 3.57. The highest BCUT2D eigenvalue weighted by Crippen LogP contribution is 2.28. The van der Waals surface area contributed by atoms with Crippen molar-refractivity contribution in [1.29, 1.82) is 0 Å². The molecule has 1 aliphatic heterocycles. The van der Waals surface area contributed by atoms with Gasteiger partial charge in [-0.15, -0.1) is 0 Å². The van der Waals surface area contributed by atoms with Crippen molar-refractivity contribution in [3.63, 3.8) is 0 Å². The zero-order valence-electron chi connectivity index (χ0n) is 10.7. The van der Waals surface area contributed by atoms with E-state index in [0.29, 0.717) is 22.4 Å². The second kappa shape index (κ2) is 4.42. The summed E-state index contributed by atoms with van der Waals surface area (Å²) in [5, 5.41) is 10.5. The minimum atomic E-state index is -0.110. The lowest BCUT2D eigenvalue weighted by Gasteiger charge is -2.17. The van der Waals surface area contributed by atoms with E-state index in [4.69, 9.17) is 11.6 Å². The van der Waals surface area contributed by atoms with Crippen LogP contribution < -0.4 is 10.6 Å². The average Bonchev–Trinajstić information content (AvgIpc) is 2.89. The van der Waals surface area contributed by atoms with Crippen LogP contribution in [0.25, 0.3) is 16.9 Å². The van der Waals surface area contributed by atoms with E-state index in [0.717, 1.165) is 11.1 Å². The molecule has 4 heterocycles. The molecule has 0 unspecified atom stereocenters. The van der Waals surface area contributed by atoms with E-state index in [-0.39, 0.29) is 12.5 Å². The highest BCUT2D eigenvalue weighted by Gasteiger charge is 2.18. The van der Waals surface area contributed by atoms with E-state index in [1.807, 2.05) is 6.07 Å². The van der Waals surface area contributed by atoms with Crippen LogP contribution >= 0.6 is 11.6 Å². The van der Waals surface area contributed by atoms with Gasteiger partial charge >= 0.3 is 0 Å². The average molecular weight is 301 g/mol. The fourth-order valence-corrected chi connectivity index (χ4v) is 2.38. The van der Waals surface area contributed by atoms with Crippen LogP contribution in [-0.2, 0) is 4.79 Å². The summed E-state index contributed by atoms with van der Waals surface area (Å²) in [6.45, 7) is 0.198. The third-order valence-electron chi connectivity index (χ3n) is 3.20. The highest BCUT2D eigenvalue weighted by molar-refractivity contribution is 6.31. The van der Waals surface area contributed by atoms with Gasteiger partial charge in [0.2, 0.25) is 5.91 Å². The van der Waals surface area contributed by atoms with Crippen LogP contribution in [0.5, 0.6) is 0 Å². The first-order chi connectivity index (χ1) is 10.2. The Labute approximate surface area is 124 Å². The van der Waals surface area contributed by atoms with Crippen molar-refractivity contribution in [3.05, 3.63) is 35.7 Å². The van der Waals surface area contributed by atoms with E-state index in [1.54, 1.807) is 29.2 Å². The maximum Gasteiger partial charge on any atom is 0.243 e. The largest absolute Gasteiger partial charge is 0.359 e. The number of anilines is 2. The topological polar surface area (TPSA) is 84.2 Å². The Kier molecular flexibility index (Phi) is 2.55. The standard InChI is InChI=1S/C13H9ClN6O/c14-7-1-2-20-10(3-7)8(4-17-20)12-15-5-9-13(19-12)16-6-11(21)18-9/h1-5H,6H2,(H,18,21)(H,15,16,19). The Morgan fingerprint density at radius 3 is 3.14 bits per heavy atom. The van der Waals surface area contributed by atoms with Gasteiger partial charge in [-0.2, -0.15) is 5.10 Å². The molecular weight excluding hydrogens is 292 g/mol. The zero-order chi connectivity index (χ0) is 14.4. The molecule has 0 fully saturated rings. The molecule has 3 aromatic heterocycles. The Morgan fingerprint density at radius 1 is 1.33 bits per heavy atom. The predicted molar refractivity (Wildman–Crippen MR) is 78.3 cm³/mol. The molecule has 2 N–H and O–H groups in total. The monoisotopic (exact) mass is 300 g/mol. The van der Waals surface area contributed by atoms with Gasteiger partial charge in [0.25, 0.3) is 0 Å². The van der Waals surface area contributed by atoms with E-state index < -0.39 is 0 Å². The Hall–Kier alpha value is -2.67. The molecule has 1 aliphatic rings. The number of pyridine rings is 1. The second-order valence-corrected chi connectivity index (χ2v) is 5.03. The van der Waals surface area contributed by atoms with Gasteiger partial charge < -0.3 is 10.6 Å². The van der Waals surface area contributed by atoms with Crippen LogP contribution in [0.15, 0.2) is 30.7 Å². The lowest BCUT2D eigenvalue weighted by molar-refractivity contribution is -0.114. The quantitative estimate of drug-likeness (QED) is 0.716. The van der Waals surface area contributed by atoms with Gasteiger partial charge in [0, 0.05) is 11.2 Å². The van der Waals surface area contributed by atoms with Crippen LogP contribution in [0.3, 0.4) is 0 Å². The number of nitrogens with one attached hydrogen (secondary N) is 2. The zero-order valence-corrected chi connectivity index (χ0v) is 11.4. The number of hydrogen-bond acceptors (Lipinski definition) is 5. The third-order valence-corrected chi connectivity index (χ3v) is 3.44. The van der Waals surface area contributed by atoms with Gasteiger partial charge in [0.15, 0.2) is 11.6 Å². The van der Waals surface area contributed by atoms with Crippen LogP contribution in [0.2, 0.25) is 5.02 Å². The van der Waals surface area contributed by atoms with Crippen LogP contribution in [0.1, 0.15) is 0 Å². The molecule has 21 heavy (non-hydrogen) atoms. The number of halogens is 1. The molecule has 0 saturated heterocycles. The number of aromatic nitrogens is 4.